The van der Waals surface area contributed by atoms with Crippen molar-refractivity contribution in [2.45, 2.75) is 37.1 Å². The molecule has 0 aliphatic carbocycles. The number of nitrogens with zero attached hydrogens (tertiary/aromatic N) is 2. The molecule has 4 rings (SSSR count). The summed E-state index contributed by atoms with van der Waals surface area (Å²) < 4.78 is 27.5. The largest absolute Gasteiger partial charge is 0.332 e. The summed E-state index contributed by atoms with van der Waals surface area (Å²) in [4.78, 5) is 26.9. The van der Waals surface area contributed by atoms with Crippen molar-refractivity contribution >= 4 is 38.3 Å². The maximum absolute atomic E-state index is 13.0. The molecule has 1 aliphatic heterocycles. The Morgan fingerprint density at radius 3 is 2.44 bits per heavy atom. The van der Waals surface area contributed by atoms with Gasteiger partial charge in [-0.1, -0.05) is 42.8 Å². The van der Waals surface area contributed by atoms with E-state index in [0.29, 0.717) is 17.8 Å². The van der Waals surface area contributed by atoms with Crippen LogP contribution < -0.4 is 5.32 Å². The van der Waals surface area contributed by atoms with Crippen molar-refractivity contribution in [3.05, 3.63) is 72.3 Å². The quantitative estimate of drug-likeness (QED) is 0.576. The van der Waals surface area contributed by atoms with Gasteiger partial charge in [0, 0.05) is 36.3 Å². The first kappa shape index (κ1) is 23.9. The van der Waals surface area contributed by atoms with E-state index in [2.05, 4.69) is 5.32 Å². The molecule has 3 aromatic carbocycles. The number of hydrogen-bond donors (Lipinski definition) is 1. The third-order valence-corrected chi connectivity index (χ3v) is 8.27. The van der Waals surface area contributed by atoms with Crippen LogP contribution in [-0.2, 0) is 14.8 Å². The molecule has 0 radical (unpaired) electrons. The number of nitrogens with one attached hydrogen (secondary N) is 1. The molecule has 8 heteroatoms. The minimum absolute atomic E-state index is 0.0357. The lowest BCUT2D eigenvalue weighted by molar-refractivity contribution is -0.116. The van der Waals surface area contributed by atoms with E-state index in [0.717, 1.165) is 30.0 Å². The fourth-order valence-corrected chi connectivity index (χ4v) is 6.06. The number of sulfonamides is 1. The molecule has 1 N–H and O–H groups in total. The van der Waals surface area contributed by atoms with Crippen LogP contribution in [0.4, 0.5) is 5.69 Å². The van der Waals surface area contributed by atoms with Gasteiger partial charge in [-0.15, -0.1) is 0 Å². The van der Waals surface area contributed by atoms with Gasteiger partial charge in [0.1, 0.15) is 0 Å². The van der Waals surface area contributed by atoms with Gasteiger partial charge in [0.2, 0.25) is 15.9 Å². The molecular formula is C26H29N3O4S. The topological polar surface area (TPSA) is 86.8 Å². The number of likely N-dealkylation sites (N-methyl/N-ethyl adjacent to an activating group) is 1. The molecule has 1 saturated heterocycles. The molecule has 0 saturated carbocycles. The van der Waals surface area contributed by atoms with Crippen LogP contribution in [0.2, 0.25) is 0 Å². The Morgan fingerprint density at radius 1 is 1.00 bits per heavy atom. The summed E-state index contributed by atoms with van der Waals surface area (Å²) in [6.45, 7) is 2.30. The Balaban J connectivity index is 1.42. The van der Waals surface area contributed by atoms with Crippen LogP contribution in [0.15, 0.2) is 71.6 Å². The van der Waals surface area contributed by atoms with E-state index in [4.69, 9.17) is 0 Å². The van der Waals surface area contributed by atoms with E-state index < -0.39 is 10.0 Å². The third-order valence-electron chi connectivity index (χ3n) is 6.24. The molecule has 1 aliphatic rings. The van der Waals surface area contributed by atoms with Crippen LogP contribution in [0, 0.1) is 0 Å². The van der Waals surface area contributed by atoms with Gasteiger partial charge in [-0.3, -0.25) is 9.59 Å². The van der Waals surface area contributed by atoms with Crippen LogP contribution in [0.5, 0.6) is 0 Å². The maximum atomic E-state index is 13.0. The van der Waals surface area contributed by atoms with Gasteiger partial charge in [-0.05, 0) is 55.5 Å². The van der Waals surface area contributed by atoms with Gasteiger partial charge in [0.25, 0.3) is 5.91 Å². The molecule has 0 aromatic heterocycles. The summed E-state index contributed by atoms with van der Waals surface area (Å²) >= 11 is 0. The van der Waals surface area contributed by atoms with E-state index in [1.807, 2.05) is 49.4 Å². The first-order valence-corrected chi connectivity index (χ1v) is 12.9. The lowest BCUT2D eigenvalue weighted by Gasteiger charge is -2.32. The Labute approximate surface area is 200 Å². The number of carbonyl (C=O) groups is 2. The van der Waals surface area contributed by atoms with E-state index in [9.17, 15) is 18.0 Å². The predicted octanol–water partition coefficient (Wildman–Crippen LogP) is 4.11. The average Bonchev–Trinajstić information content (AvgIpc) is 2.84. The zero-order valence-electron chi connectivity index (χ0n) is 19.4. The van der Waals surface area contributed by atoms with Crippen LogP contribution in [0.1, 0.15) is 36.5 Å². The van der Waals surface area contributed by atoms with Crippen molar-refractivity contribution < 1.29 is 18.0 Å². The molecule has 0 bridgehead atoms. The van der Waals surface area contributed by atoms with Crippen molar-refractivity contribution in [3.63, 3.8) is 0 Å². The van der Waals surface area contributed by atoms with E-state index in [1.54, 1.807) is 7.05 Å². The normalized spacial score (nSPS) is 16.8. The second kappa shape index (κ2) is 9.95. The smallest absolute Gasteiger partial charge is 0.254 e. The van der Waals surface area contributed by atoms with Gasteiger partial charge >= 0.3 is 0 Å². The molecule has 1 atom stereocenters. The monoisotopic (exact) mass is 479 g/mol. The molecular weight excluding hydrogens is 450 g/mol. The Hall–Kier alpha value is -3.23. The molecule has 3 aromatic rings. The SMILES string of the molecule is CC1CCCCN1S(=O)(=O)c1ccc(C(=O)N(C)CC(=O)Nc2cccc3ccccc23)cc1. The minimum atomic E-state index is -3.60. The molecule has 7 nitrogen and oxygen atoms in total. The van der Waals surface area contributed by atoms with Gasteiger partial charge in [-0.2, -0.15) is 4.31 Å². The standard InChI is InChI=1S/C26H29N3O4S/c1-19-8-5-6-17-29(19)34(32,33)22-15-13-21(14-16-22)26(31)28(2)18-25(30)27-24-12-7-10-20-9-3-4-11-23(20)24/h3-4,7,9-16,19H,5-6,8,17-18H2,1-2H3,(H,27,30). The highest BCUT2D eigenvalue weighted by Crippen LogP contribution is 2.26. The van der Waals surface area contributed by atoms with E-state index >= 15 is 0 Å². The van der Waals surface area contributed by atoms with Crippen molar-refractivity contribution in [2.75, 3.05) is 25.5 Å². The molecule has 1 heterocycles. The number of rotatable bonds is 6. The van der Waals surface area contributed by atoms with Gasteiger partial charge < -0.3 is 10.2 Å². The van der Waals surface area contributed by atoms with E-state index in [-0.39, 0.29) is 29.3 Å². The summed E-state index contributed by atoms with van der Waals surface area (Å²) in [5.41, 5.74) is 1.01. The predicted molar refractivity (Wildman–Crippen MR) is 133 cm³/mol. The number of anilines is 1. The summed E-state index contributed by atoms with van der Waals surface area (Å²) in [6, 6.07) is 19.3. The zero-order valence-corrected chi connectivity index (χ0v) is 20.2. The number of fused-ring (bicyclic) bond motifs is 1. The second-order valence-corrected chi connectivity index (χ2v) is 10.6. The minimum Gasteiger partial charge on any atom is -0.332 e. The number of benzene rings is 3. The molecule has 1 unspecified atom stereocenters. The molecule has 1 fully saturated rings. The highest BCUT2D eigenvalue weighted by molar-refractivity contribution is 7.89. The summed E-state index contributed by atoms with van der Waals surface area (Å²) in [7, 11) is -2.05. The lowest BCUT2D eigenvalue weighted by Crippen LogP contribution is -2.41. The van der Waals surface area contributed by atoms with E-state index in [1.165, 1.54) is 33.5 Å². The maximum Gasteiger partial charge on any atom is 0.254 e. The first-order chi connectivity index (χ1) is 16.3. The third kappa shape index (κ3) is 4.98. The number of amides is 2. The molecule has 178 valence electrons. The van der Waals surface area contributed by atoms with Gasteiger partial charge in [0.05, 0.1) is 11.4 Å². The van der Waals surface area contributed by atoms with Crippen molar-refractivity contribution in [2.24, 2.45) is 0 Å². The summed E-state index contributed by atoms with van der Waals surface area (Å²) in [5.74, 6) is -0.672. The van der Waals surface area contributed by atoms with Crippen molar-refractivity contribution in [1.29, 1.82) is 0 Å². The highest BCUT2D eigenvalue weighted by Gasteiger charge is 2.31. The van der Waals surface area contributed by atoms with Gasteiger partial charge in [-0.25, -0.2) is 8.42 Å². The van der Waals surface area contributed by atoms with Crippen LogP contribution >= 0.6 is 0 Å². The fraction of sp³-hybridized carbons (Fsp3) is 0.308. The average molecular weight is 480 g/mol. The lowest BCUT2D eigenvalue weighted by atomic mass is 10.1. The van der Waals surface area contributed by atoms with Crippen LogP contribution in [-0.4, -0.2) is 55.6 Å². The zero-order chi connectivity index (χ0) is 24.3. The second-order valence-electron chi connectivity index (χ2n) is 8.72. The fourth-order valence-electron chi connectivity index (χ4n) is 4.37. The molecule has 34 heavy (non-hydrogen) atoms. The first-order valence-electron chi connectivity index (χ1n) is 11.4. The summed E-state index contributed by atoms with van der Waals surface area (Å²) in [6.07, 6.45) is 2.73. The van der Waals surface area contributed by atoms with Crippen LogP contribution in [0.25, 0.3) is 10.8 Å². The Morgan fingerprint density at radius 2 is 1.71 bits per heavy atom. The Kier molecular flexibility index (Phi) is 7.00. The number of hydrogen-bond acceptors (Lipinski definition) is 4. The molecule has 0 spiro atoms. The van der Waals surface area contributed by atoms with Crippen molar-refractivity contribution in [3.8, 4) is 0 Å². The van der Waals surface area contributed by atoms with Gasteiger partial charge in [0.15, 0.2) is 0 Å². The highest BCUT2D eigenvalue weighted by atomic mass is 32.2. The molecule has 2 amide bonds. The van der Waals surface area contributed by atoms with Crippen LogP contribution in [0.3, 0.4) is 0 Å². The Bertz CT molecular complexity index is 1300. The number of piperidine rings is 1. The summed E-state index contributed by atoms with van der Waals surface area (Å²) in [5, 5.41) is 4.81. The van der Waals surface area contributed by atoms with Crippen molar-refractivity contribution in [1.82, 2.24) is 9.21 Å². The number of carbonyl (C=O) groups excluding carboxylic acids is 2.